The highest BCUT2D eigenvalue weighted by Gasteiger charge is 2.11. The molecule has 0 aliphatic carbocycles. The van der Waals surface area contributed by atoms with Gasteiger partial charge >= 0.3 is 0 Å². The maximum Gasteiger partial charge on any atom is 0.220 e. The molecule has 1 heterocycles. The van der Waals surface area contributed by atoms with Crippen LogP contribution in [0.1, 0.15) is 39.0 Å². The van der Waals surface area contributed by atoms with Gasteiger partial charge in [0.2, 0.25) is 5.91 Å². The number of aromatic nitrogens is 1. The van der Waals surface area contributed by atoms with E-state index in [1.165, 1.54) is 0 Å². The molecule has 0 saturated heterocycles. The van der Waals surface area contributed by atoms with Crippen LogP contribution in [-0.4, -0.2) is 16.9 Å². The summed E-state index contributed by atoms with van der Waals surface area (Å²) in [7, 11) is 0. The third kappa shape index (κ3) is 4.60. The van der Waals surface area contributed by atoms with Crippen LogP contribution in [0.15, 0.2) is 34.9 Å². The first-order valence-corrected chi connectivity index (χ1v) is 8.00. The van der Waals surface area contributed by atoms with Crippen molar-refractivity contribution in [1.82, 2.24) is 10.3 Å². The van der Waals surface area contributed by atoms with Crippen molar-refractivity contribution in [1.29, 1.82) is 0 Å². The highest BCUT2D eigenvalue weighted by Crippen LogP contribution is 2.22. The van der Waals surface area contributed by atoms with Gasteiger partial charge < -0.3 is 9.73 Å². The Morgan fingerprint density at radius 2 is 1.95 bits per heavy atom. The Hall–Kier alpha value is -1.81. The molecule has 0 fully saturated rings. The fraction of sp³-hybridized carbons (Fsp3) is 0.412. The van der Waals surface area contributed by atoms with E-state index in [1.807, 2.05) is 24.3 Å². The van der Waals surface area contributed by atoms with Crippen LogP contribution in [-0.2, 0) is 11.2 Å². The Morgan fingerprint density at radius 1 is 1.27 bits per heavy atom. The van der Waals surface area contributed by atoms with Crippen molar-refractivity contribution in [2.45, 2.75) is 45.6 Å². The molecule has 1 aromatic heterocycles. The lowest BCUT2D eigenvalue weighted by molar-refractivity contribution is -0.121. The number of benzene rings is 1. The topological polar surface area (TPSA) is 55.1 Å². The highest BCUT2D eigenvalue weighted by atomic mass is 35.5. The molecular weight excluding hydrogens is 300 g/mol. The Kier molecular flexibility index (Phi) is 6.01. The van der Waals surface area contributed by atoms with Crippen LogP contribution in [0.4, 0.5) is 0 Å². The minimum atomic E-state index is 0.0416. The van der Waals surface area contributed by atoms with Crippen LogP contribution in [0.25, 0.3) is 11.3 Å². The maximum absolute atomic E-state index is 11.9. The van der Waals surface area contributed by atoms with E-state index >= 15 is 0 Å². The fourth-order valence-electron chi connectivity index (χ4n) is 2.19. The number of nitrogens with zero attached hydrogens (tertiary/aromatic N) is 1. The number of halogens is 1. The molecule has 1 N–H and O–H groups in total. The van der Waals surface area contributed by atoms with E-state index in [1.54, 1.807) is 6.20 Å². The van der Waals surface area contributed by atoms with Crippen LogP contribution in [0.5, 0.6) is 0 Å². The second kappa shape index (κ2) is 7.99. The number of rotatable bonds is 7. The van der Waals surface area contributed by atoms with E-state index in [9.17, 15) is 4.79 Å². The van der Waals surface area contributed by atoms with Gasteiger partial charge in [0.25, 0.3) is 0 Å². The van der Waals surface area contributed by atoms with Crippen molar-refractivity contribution in [2.24, 2.45) is 0 Å². The molecular formula is C17H21ClN2O2. The SMILES string of the molecule is CCC(CC)NC(=O)CCc1ncc(-c2ccc(Cl)cc2)o1. The number of hydrogen-bond donors (Lipinski definition) is 1. The number of amides is 1. The Labute approximate surface area is 135 Å². The standard InChI is InChI=1S/C17H21ClN2O2/c1-3-14(4-2)20-16(21)9-10-17-19-11-15(22-17)12-5-7-13(18)8-6-12/h5-8,11,14H,3-4,9-10H2,1-2H3,(H,20,21). The van der Waals surface area contributed by atoms with Crippen LogP contribution in [0.3, 0.4) is 0 Å². The number of carbonyl (C=O) groups is 1. The average molecular weight is 321 g/mol. The number of nitrogens with one attached hydrogen (secondary N) is 1. The lowest BCUT2D eigenvalue weighted by atomic mass is 10.1. The average Bonchev–Trinajstić information content (AvgIpc) is 3.00. The molecule has 0 spiro atoms. The van der Waals surface area contributed by atoms with Gasteiger partial charge in [-0.1, -0.05) is 25.4 Å². The molecule has 0 unspecified atom stereocenters. The van der Waals surface area contributed by atoms with Gasteiger partial charge in [-0.15, -0.1) is 0 Å². The van der Waals surface area contributed by atoms with Gasteiger partial charge in [-0.2, -0.15) is 0 Å². The normalized spacial score (nSPS) is 10.9. The van der Waals surface area contributed by atoms with Crippen molar-refractivity contribution >= 4 is 17.5 Å². The van der Waals surface area contributed by atoms with Gasteiger partial charge in [-0.05, 0) is 37.1 Å². The van der Waals surface area contributed by atoms with Crippen LogP contribution in [0.2, 0.25) is 5.02 Å². The fourth-order valence-corrected chi connectivity index (χ4v) is 2.31. The van der Waals surface area contributed by atoms with Gasteiger partial charge in [0.1, 0.15) is 0 Å². The first-order chi connectivity index (χ1) is 10.6. The van der Waals surface area contributed by atoms with Gasteiger partial charge in [-0.25, -0.2) is 4.98 Å². The van der Waals surface area contributed by atoms with Gasteiger partial charge in [0.05, 0.1) is 6.20 Å². The van der Waals surface area contributed by atoms with Crippen molar-refractivity contribution in [3.63, 3.8) is 0 Å². The van der Waals surface area contributed by atoms with Crippen molar-refractivity contribution in [3.05, 3.63) is 41.4 Å². The van der Waals surface area contributed by atoms with Crippen LogP contribution >= 0.6 is 11.6 Å². The van der Waals surface area contributed by atoms with E-state index in [-0.39, 0.29) is 11.9 Å². The molecule has 1 aromatic carbocycles. The molecule has 5 heteroatoms. The first kappa shape index (κ1) is 16.6. The smallest absolute Gasteiger partial charge is 0.220 e. The van der Waals surface area contributed by atoms with Crippen molar-refractivity contribution in [2.75, 3.05) is 0 Å². The second-order valence-corrected chi connectivity index (χ2v) is 5.64. The second-order valence-electron chi connectivity index (χ2n) is 5.21. The summed E-state index contributed by atoms with van der Waals surface area (Å²) in [6, 6.07) is 7.63. The predicted octanol–water partition coefficient (Wildman–Crippen LogP) is 4.23. The molecule has 2 rings (SSSR count). The minimum absolute atomic E-state index is 0.0416. The zero-order chi connectivity index (χ0) is 15.9. The first-order valence-electron chi connectivity index (χ1n) is 7.62. The molecule has 4 nitrogen and oxygen atoms in total. The Balaban J connectivity index is 1.89. The molecule has 0 aliphatic rings. The molecule has 1 amide bonds. The van der Waals surface area contributed by atoms with E-state index in [2.05, 4.69) is 24.1 Å². The zero-order valence-electron chi connectivity index (χ0n) is 12.9. The number of oxazole rings is 1. The van der Waals surface area contributed by atoms with Gasteiger partial charge in [-0.3, -0.25) is 4.79 Å². The predicted molar refractivity (Wildman–Crippen MR) is 87.8 cm³/mol. The van der Waals surface area contributed by atoms with Gasteiger partial charge in [0.15, 0.2) is 11.7 Å². The lowest BCUT2D eigenvalue weighted by Gasteiger charge is -2.13. The monoisotopic (exact) mass is 320 g/mol. The number of hydrogen-bond acceptors (Lipinski definition) is 3. The molecule has 0 saturated carbocycles. The van der Waals surface area contributed by atoms with E-state index in [0.29, 0.717) is 29.5 Å². The van der Waals surface area contributed by atoms with Gasteiger partial charge in [0, 0.05) is 29.5 Å². The summed E-state index contributed by atoms with van der Waals surface area (Å²) in [6.07, 6.45) is 4.46. The summed E-state index contributed by atoms with van der Waals surface area (Å²) in [5, 5.41) is 3.69. The van der Waals surface area contributed by atoms with Crippen molar-refractivity contribution in [3.8, 4) is 11.3 Å². The van der Waals surface area contributed by atoms with E-state index in [0.717, 1.165) is 18.4 Å². The summed E-state index contributed by atoms with van der Waals surface area (Å²) >= 11 is 5.86. The molecule has 0 atom stereocenters. The Bertz CT molecular complexity index is 603. The van der Waals surface area contributed by atoms with Crippen LogP contribution < -0.4 is 5.32 Å². The lowest BCUT2D eigenvalue weighted by Crippen LogP contribution is -2.33. The summed E-state index contributed by atoms with van der Waals surface area (Å²) in [5.74, 6) is 1.30. The molecule has 0 radical (unpaired) electrons. The number of carbonyl (C=O) groups excluding carboxylic acids is 1. The molecule has 22 heavy (non-hydrogen) atoms. The van der Waals surface area contributed by atoms with E-state index < -0.39 is 0 Å². The van der Waals surface area contributed by atoms with Crippen molar-refractivity contribution < 1.29 is 9.21 Å². The third-order valence-electron chi connectivity index (χ3n) is 3.60. The van der Waals surface area contributed by atoms with Crippen LogP contribution in [0, 0.1) is 0 Å². The summed E-state index contributed by atoms with van der Waals surface area (Å²) in [6.45, 7) is 4.14. The summed E-state index contributed by atoms with van der Waals surface area (Å²) in [5.41, 5.74) is 0.921. The molecule has 0 aliphatic heterocycles. The summed E-state index contributed by atoms with van der Waals surface area (Å²) in [4.78, 5) is 16.1. The maximum atomic E-state index is 11.9. The van der Waals surface area contributed by atoms with E-state index in [4.69, 9.17) is 16.0 Å². The highest BCUT2D eigenvalue weighted by molar-refractivity contribution is 6.30. The number of aryl methyl sites for hydroxylation is 1. The molecule has 0 bridgehead atoms. The largest absolute Gasteiger partial charge is 0.441 e. The Morgan fingerprint density at radius 3 is 2.59 bits per heavy atom. The zero-order valence-corrected chi connectivity index (χ0v) is 13.7. The quantitative estimate of drug-likeness (QED) is 0.830. The molecule has 118 valence electrons. The minimum Gasteiger partial charge on any atom is -0.441 e. The summed E-state index contributed by atoms with van der Waals surface area (Å²) < 4.78 is 5.68. The molecule has 2 aromatic rings. The third-order valence-corrected chi connectivity index (χ3v) is 3.85.